The van der Waals surface area contributed by atoms with Gasteiger partial charge in [0.15, 0.2) is 0 Å². The molecule has 1 saturated heterocycles. The summed E-state index contributed by atoms with van der Waals surface area (Å²) in [4.78, 5) is 25.1. The third-order valence-electron chi connectivity index (χ3n) is 8.57. The van der Waals surface area contributed by atoms with E-state index in [1.165, 1.54) is 0 Å². The smallest absolute Gasteiger partial charge is 0.315 e. The molecule has 4 aliphatic carbocycles. The molecule has 5 rings (SSSR count). The topological polar surface area (TPSA) is 104 Å². The van der Waals surface area contributed by atoms with Crippen molar-refractivity contribution in [2.45, 2.75) is 62.8 Å². The number of ether oxygens (including phenoxy) is 1. The minimum absolute atomic E-state index is 0.0936. The van der Waals surface area contributed by atoms with Crippen LogP contribution in [0.2, 0.25) is 0 Å². The Balaban J connectivity index is 1.76. The second-order valence-corrected chi connectivity index (χ2v) is 9.29. The van der Waals surface area contributed by atoms with Gasteiger partial charge in [-0.2, -0.15) is 0 Å². The SMILES string of the molecule is C=C1CC23C[C@]1(O)CC[C@H]2C12CC[C@H](O)[C@](C)(C(=O)O1)[C@H]2[C@@H]3C(=O)O. The Labute approximate surface area is 145 Å². The van der Waals surface area contributed by atoms with Crippen molar-refractivity contribution in [2.75, 3.05) is 0 Å². The van der Waals surface area contributed by atoms with Crippen LogP contribution in [0.15, 0.2) is 12.2 Å². The molecule has 6 nitrogen and oxygen atoms in total. The van der Waals surface area contributed by atoms with E-state index < -0.39 is 51.9 Å². The standard InChI is InChI=1S/C19H24O6/c1-9-7-17-8-18(9,24)5-3-10(17)19-6-4-11(20)16(2,15(23)25-19)13(19)12(17)14(21)22/h10-13,20,24H,1,3-8H2,2H3,(H,21,22)/t10-,11+,12-,13-,16+,17?,18-,19?/m1/s1. The number of aliphatic hydroxyl groups is 2. The van der Waals surface area contributed by atoms with E-state index in [1.807, 2.05) is 0 Å². The van der Waals surface area contributed by atoms with Crippen LogP contribution in [0.3, 0.4) is 0 Å². The largest absolute Gasteiger partial charge is 0.481 e. The minimum atomic E-state index is -1.19. The average molecular weight is 348 g/mol. The number of fused-ring (bicyclic) bond motifs is 1. The van der Waals surface area contributed by atoms with Gasteiger partial charge in [-0.05, 0) is 56.4 Å². The molecule has 4 bridgehead atoms. The fraction of sp³-hybridized carbons (Fsp3) is 0.789. The van der Waals surface area contributed by atoms with Gasteiger partial charge in [-0.15, -0.1) is 0 Å². The van der Waals surface area contributed by atoms with E-state index in [9.17, 15) is 24.9 Å². The summed E-state index contributed by atoms with van der Waals surface area (Å²) in [5.74, 6) is -2.86. The van der Waals surface area contributed by atoms with Crippen molar-refractivity contribution in [3.05, 3.63) is 12.2 Å². The van der Waals surface area contributed by atoms with Gasteiger partial charge in [0.1, 0.15) is 5.60 Å². The minimum Gasteiger partial charge on any atom is -0.481 e. The highest BCUT2D eigenvalue weighted by molar-refractivity contribution is 5.85. The number of hydrogen-bond acceptors (Lipinski definition) is 5. The first-order chi connectivity index (χ1) is 11.6. The molecule has 6 heteroatoms. The lowest BCUT2D eigenvalue weighted by molar-refractivity contribution is -0.164. The Kier molecular flexibility index (Phi) is 2.61. The van der Waals surface area contributed by atoms with Crippen molar-refractivity contribution >= 4 is 11.9 Å². The maximum Gasteiger partial charge on any atom is 0.315 e. The van der Waals surface area contributed by atoms with E-state index in [1.54, 1.807) is 6.92 Å². The highest BCUT2D eigenvalue weighted by atomic mass is 16.6. The van der Waals surface area contributed by atoms with Crippen LogP contribution >= 0.6 is 0 Å². The lowest BCUT2D eigenvalue weighted by Crippen LogP contribution is -2.53. The molecule has 136 valence electrons. The Hall–Kier alpha value is -1.40. The quantitative estimate of drug-likeness (QED) is 0.487. The van der Waals surface area contributed by atoms with Crippen molar-refractivity contribution in [2.24, 2.45) is 28.6 Å². The monoisotopic (exact) mass is 348 g/mol. The molecule has 3 N–H and O–H groups in total. The normalized spacial score (nSPS) is 58.7. The highest BCUT2D eigenvalue weighted by Gasteiger charge is 2.84. The Morgan fingerprint density at radius 1 is 1.32 bits per heavy atom. The maximum atomic E-state index is 12.7. The molecule has 0 radical (unpaired) electrons. The predicted molar refractivity (Wildman–Crippen MR) is 85.3 cm³/mol. The Morgan fingerprint density at radius 3 is 2.72 bits per heavy atom. The Bertz CT molecular complexity index is 731. The van der Waals surface area contributed by atoms with Gasteiger partial charge in [0.2, 0.25) is 0 Å². The van der Waals surface area contributed by atoms with Gasteiger partial charge in [-0.1, -0.05) is 6.58 Å². The molecule has 0 aromatic heterocycles. The number of hydrogen-bond donors (Lipinski definition) is 3. The molecular formula is C19H24O6. The molecule has 2 unspecified atom stereocenters. The number of aliphatic hydroxyl groups excluding tert-OH is 1. The summed E-state index contributed by atoms with van der Waals surface area (Å²) in [5, 5.41) is 31.7. The van der Waals surface area contributed by atoms with E-state index in [2.05, 4.69) is 6.58 Å². The number of aliphatic carboxylic acids is 1. The number of carbonyl (C=O) groups excluding carboxylic acids is 1. The third kappa shape index (κ3) is 1.41. The van der Waals surface area contributed by atoms with Crippen molar-refractivity contribution in [3.8, 4) is 0 Å². The summed E-state index contributed by atoms with van der Waals surface area (Å²) in [7, 11) is 0. The molecule has 1 heterocycles. The van der Waals surface area contributed by atoms with Crippen LogP contribution in [-0.4, -0.2) is 44.6 Å². The highest BCUT2D eigenvalue weighted by Crippen LogP contribution is 2.78. The number of rotatable bonds is 1. The molecule has 0 aromatic rings. The third-order valence-corrected chi connectivity index (χ3v) is 8.57. The molecule has 0 aromatic carbocycles. The number of carboxylic acids is 1. The van der Waals surface area contributed by atoms with Gasteiger partial charge in [0.05, 0.1) is 23.0 Å². The zero-order chi connectivity index (χ0) is 18.0. The summed E-state index contributed by atoms with van der Waals surface area (Å²) in [6, 6.07) is 0. The van der Waals surface area contributed by atoms with E-state index >= 15 is 0 Å². The zero-order valence-electron chi connectivity index (χ0n) is 14.3. The average Bonchev–Trinajstić information content (AvgIpc) is 2.95. The zero-order valence-corrected chi connectivity index (χ0v) is 14.3. The molecule has 1 aliphatic heterocycles. The van der Waals surface area contributed by atoms with Crippen molar-refractivity contribution in [1.82, 2.24) is 0 Å². The first-order valence-corrected chi connectivity index (χ1v) is 9.17. The van der Waals surface area contributed by atoms with Gasteiger partial charge in [0.25, 0.3) is 0 Å². The fourth-order valence-electron chi connectivity index (χ4n) is 7.65. The molecular weight excluding hydrogens is 324 g/mol. The second kappa shape index (κ2) is 4.12. The Morgan fingerprint density at radius 2 is 2.04 bits per heavy atom. The number of carboxylic acid groups (broad SMARTS) is 1. The number of esters is 1. The van der Waals surface area contributed by atoms with E-state index in [-0.39, 0.29) is 5.92 Å². The van der Waals surface area contributed by atoms with Crippen LogP contribution in [0.4, 0.5) is 0 Å². The molecule has 1 spiro atoms. The van der Waals surface area contributed by atoms with Crippen molar-refractivity contribution < 1.29 is 29.6 Å². The van der Waals surface area contributed by atoms with Crippen LogP contribution in [0.25, 0.3) is 0 Å². The summed E-state index contributed by atoms with van der Waals surface area (Å²) >= 11 is 0. The summed E-state index contributed by atoms with van der Waals surface area (Å²) < 4.78 is 5.96. The van der Waals surface area contributed by atoms with Crippen molar-refractivity contribution in [3.63, 3.8) is 0 Å². The molecule has 5 fully saturated rings. The molecule has 8 atom stereocenters. The maximum absolute atomic E-state index is 12.7. The van der Waals surface area contributed by atoms with E-state index in [0.717, 1.165) is 0 Å². The summed E-state index contributed by atoms with van der Waals surface area (Å²) in [5.41, 5.74) is -2.93. The lowest BCUT2D eigenvalue weighted by atomic mass is 9.59. The van der Waals surface area contributed by atoms with Crippen LogP contribution in [0.5, 0.6) is 0 Å². The molecule has 25 heavy (non-hydrogen) atoms. The number of carbonyl (C=O) groups is 2. The molecule has 5 aliphatic rings. The van der Waals surface area contributed by atoms with E-state index in [4.69, 9.17) is 4.74 Å². The molecule has 0 amide bonds. The lowest BCUT2D eigenvalue weighted by Gasteiger charge is -2.45. The van der Waals surface area contributed by atoms with Crippen LogP contribution < -0.4 is 0 Å². The van der Waals surface area contributed by atoms with Gasteiger partial charge in [-0.25, -0.2) is 0 Å². The molecule has 4 saturated carbocycles. The van der Waals surface area contributed by atoms with E-state index in [0.29, 0.717) is 44.1 Å². The van der Waals surface area contributed by atoms with Crippen molar-refractivity contribution in [1.29, 1.82) is 0 Å². The first-order valence-electron chi connectivity index (χ1n) is 9.17. The first kappa shape index (κ1) is 15.8. The van der Waals surface area contributed by atoms with Gasteiger partial charge in [-0.3, -0.25) is 9.59 Å². The van der Waals surface area contributed by atoms with Gasteiger partial charge < -0.3 is 20.1 Å². The van der Waals surface area contributed by atoms with Crippen LogP contribution in [-0.2, 0) is 14.3 Å². The second-order valence-electron chi connectivity index (χ2n) is 9.29. The van der Waals surface area contributed by atoms with Gasteiger partial charge >= 0.3 is 11.9 Å². The summed E-state index contributed by atoms with van der Waals surface area (Å²) in [6.45, 7) is 5.71. The fourth-order valence-corrected chi connectivity index (χ4v) is 7.65. The van der Waals surface area contributed by atoms with Gasteiger partial charge in [0, 0.05) is 11.8 Å². The van der Waals surface area contributed by atoms with Crippen LogP contribution in [0, 0.1) is 28.6 Å². The van der Waals surface area contributed by atoms with Crippen LogP contribution in [0.1, 0.15) is 45.4 Å². The predicted octanol–water partition coefficient (Wildman–Crippen LogP) is 1.25. The summed E-state index contributed by atoms with van der Waals surface area (Å²) in [6.07, 6.45) is 2.08.